The van der Waals surface area contributed by atoms with Crippen LogP contribution in [0, 0.1) is 0 Å². The Kier molecular flexibility index (Phi) is 57.9. The maximum atomic E-state index is 12.6. The van der Waals surface area contributed by atoms with Crippen LogP contribution in [0.15, 0.2) is 170 Å². The van der Waals surface area contributed by atoms with Crippen molar-refractivity contribution in [3.8, 4) is 0 Å². The van der Waals surface area contributed by atoms with Gasteiger partial charge in [0.2, 0.25) is 29.5 Å². The van der Waals surface area contributed by atoms with Crippen LogP contribution in [-0.2, 0) is 59.1 Å². The van der Waals surface area contributed by atoms with Crippen molar-refractivity contribution in [3.05, 3.63) is 151 Å². The molecule has 0 aliphatic carbocycles. The van der Waals surface area contributed by atoms with Crippen LogP contribution in [0.1, 0.15) is 10.2 Å². The zero-order chi connectivity index (χ0) is 59.3. The van der Waals surface area contributed by atoms with E-state index in [9.17, 15) is 65.6 Å². The second-order valence-corrected chi connectivity index (χ2v) is 29.9. The second kappa shape index (κ2) is 48.9. The Balaban J connectivity index is -0.000000133. The third kappa shape index (κ3) is 34.8. The number of hydrogen-bond acceptors (Lipinski definition) is 22. The van der Waals surface area contributed by atoms with Crippen molar-refractivity contribution in [3.63, 3.8) is 0 Å². The summed E-state index contributed by atoms with van der Waals surface area (Å²) in [4.78, 5) is -3.58. The van der Waals surface area contributed by atoms with Crippen LogP contribution in [0.4, 0.5) is 0 Å². The topological polar surface area (TPSA) is 378 Å². The summed E-state index contributed by atoms with van der Waals surface area (Å²) in [6.45, 7) is 0. The molecule has 0 saturated carbocycles. The molecule has 6 aromatic rings. The molecule has 0 bridgehead atoms. The first kappa shape index (κ1) is 99.4. The molecule has 84 heavy (non-hydrogen) atoms. The molecule has 0 heterocycles. The molecule has 0 amide bonds. The van der Waals surface area contributed by atoms with Crippen LogP contribution in [0.3, 0.4) is 0 Å². The van der Waals surface area contributed by atoms with Gasteiger partial charge in [0.1, 0.15) is 27.0 Å². The fourth-order valence-electron chi connectivity index (χ4n) is 4.95. The van der Waals surface area contributed by atoms with Gasteiger partial charge in [-0.2, -0.15) is 37.9 Å². The molecule has 0 spiro atoms. The van der Waals surface area contributed by atoms with E-state index in [1.807, 2.05) is 0 Å². The van der Waals surface area contributed by atoms with Crippen molar-refractivity contribution >= 4 is 203 Å². The van der Waals surface area contributed by atoms with E-state index in [0.29, 0.717) is 46.8 Å². The second-order valence-electron chi connectivity index (χ2n) is 12.9. The number of benzene rings is 6. The van der Waals surface area contributed by atoms with Crippen molar-refractivity contribution in [1.29, 1.82) is 1.12 Å². The van der Waals surface area contributed by atoms with E-state index in [-0.39, 0.29) is 231 Å². The summed E-state index contributed by atoms with van der Waals surface area (Å²) in [5.41, 5.74) is 0. The molecule has 0 saturated heterocycles. The Morgan fingerprint density at radius 3 is 1.14 bits per heavy atom. The molecular formula is C39H39Cl8Na5O20P2S10. The normalized spacial score (nSPS) is 11.8. The number of sulfone groups is 3. The molecule has 3 unspecified atom stereocenters. The van der Waals surface area contributed by atoms with Gasteiger partial charge in [0.05, 0.1) is 83.2 Å². The Hall–Kier alpha value is 4.34. The van der Waals surface area contributed by atoms with Crippen LogP contribution in [0.5, 0.6) is 0 Å². The molecule has 7 N–H and O–H groups in total. The Morgan fingerprint density at radius 1 is 0.583 bits per heavy atom. The summed E-state index contributed by atoms with van der Waals surface area (Å²) in [6.07, 6.45) is 0. The Labute approximate surface area is 671 Å². The number of halogens is 8. The quantitative estimate of drug-likeness (QED) is 0.00720. The minimum atomic E-state index is -4.97. The minimum absolute atomic E-state index is 0. The molecule has 0 radical (unpaired) electrons. The predicted octanol–water partition coefficient (Wildman–Crippen LogP) is -10.1. The van der Waals surface area contributed by atoms with Crippen LogP contribution < -0.4 is 178 Å². The number of rotatable bonds is 13. The van der Waals surface area contributed by atoms with Gasteiger partial charge in [0, 0.05) is 10.0 Å². The minimum Gasteiger partial charge on any atom is -1.00 e. The van der Waals surface area contributed by atoms with E-state index >= 15 is 0 Å². The van der Waals surface area contributed by atoms with Crippen LogP contribution >= 0.6 is 148 Å². The first-order chi connectivity index (χ1) is 35.1. The molecule has 0 fully saturated rings. The molecule has 0 aliphatic heterocycles. The molecule has 0 aliphatic rings. The van der Waals surface area contributed by atoms with Crippen molar-refractivity contribution in [2.75, 3.05) is 0 Å². The maximum absolute atomic E-state index is 12.6. The van der Waals surface area contributed by atoms with E-state index in [0.717, 1.165) is 54.6 Å². The summed E-state index contributed by atoms with van der Waals surface area (Å²) in [5, 5.41) is 13.2. The van der Waals surface area contributed by atoms with E-state index in [1.165, 1.54) is 30.3 Å². The summed E-state index contributed by atoms with van der Waals surface area (Å²) >= 11 is 43.1. The van der Waals surface area contributed by atoms with Crippen molar-refractivity contribution in [2.24, 2.45) is 0 Å². The summed E-state index contributed by atoms with van der Waals surface area (Å²) in [7, 11) is -21.9. The molecule has 3 atom stereocenters. The van der Waals surface area contributed by atoms with Gasteiger partial charge in [0.25, 0.3) is 10.1 Å². The Bertz CT molecular complexity index is 3630. The van der Waals surface area contributed by atoms with Gasteiger partial charge in [-0.15, -0.1) is 18.5 Å². The van der Waals surface area contributed by atoms with E-state index < -0.39 is 99.3 Å². The molecule has 6 aromatic carbocycles. The molecule has 446 valence electrons. The van der Waals surface area contributed by atoms with Gasteiger partial charge < -0.3 is 59.2 Å². The summed E-state index contributed by atoms with van der Waals surface area (Å²) in [6, 6.07) is 23.7. The largest absolute Gasteiger partial charge is 1.00 e. The number of hydrogen-bond donors (Lipinski definition) is 6. The average molecular weight is 1610 g/mol. The Morgan fingerprint density at radius 2 is 0.845 bits per heavy atom. The third-order valence-electron chi connectivity index (χ3n) is 8.09. The summed E-state index contributed by atoms with van der Waals surface area (Å²) in [5.74, 6) is 0. The van der Waals surface area contributed by atoms with Crippen LogP contribution in [0.25, 0.3) is 0 Å². The average Bonchev–Trinajstić information content (AvgIpc) is 3.31. The monoisotopic (exact) mass is 1610 g/mol. The smallest absolute Gasteiger partial charge is 1.00 e. The van der Waals surface area contributed by atoms with Crippen molar-refractivity contribution < 1.29 is 266 Å². The van der Waals surface area contributed by atoms with Crippen molar-refractivity contribution in [1.82, 2.24) is 0 Å². The standard InChI is InChI=1S/C12H10Cl2O8S3.C12H8Cl2O8S3.C12H8Cl2O2S.CH5PS2.CH3PS.CH4.2ClH.5Na.2H2O/c13-9-3-1-7(5-11(9)24(17,18)19)23(15,16)8-2-4-10(14)12(6-8)25(20,21)22;13-9-3-1-7(5-11(9)23-22-21-15)24(16,17)8-2-4-10(14)12(6-8)25(18,19)20;13-9-1-5-11(6-2-9)17(15,16)12-7-3-10(14)4-8-12;2-1(3)4;2-1-3;;;;;;;;;;/h1-6,17-19H,(H,20,21,22);1-6,15H,(H,18,19,20);1-8H;1,3-4H,2H2;1H,2H2;1H4;2*1H;;;;;;2*1H2/q;;;;;;;;5*+1;;/p-5/i;;;2*1D;;;;;;;;;;/hD. The fourth-order valence-corrected chi connectivity index (χ4v) is 13.0. The van der Waals surface area contributed by atoms with Gasteiger partial charge in [0.15, 0.2) is 0 Å². The zero-order valence-corrected chi connectivity index (χ0v) is 68.9. The first-order valence-corrected chi connectivity index (χ1v) is 32.3. The SMILES string of the molecule is C.O.O=S(=O)(O)c1cc(S(=O)(=O)c2ccc(Cl)c(S(O)(O)O)c2)ccc1Cl.O=S(=O)([O-])c1cc(S(=O)(=O)c2ccc(Cl)c(SOO[O-])c2)ccc1Cl.O=S(=O)(c1ccc(Cl)cc1)c1ccc(Cl)cc1.[2H]C(P)=S.[2H]SC([2H])(P)S.[Cl-].[Cl-].[Na+].[Na+].[Na+].[Na+].[Na+].[OH-]. The van der Waals surface area contributed by atoms with Gasteiger partial charge in [-0.05, 0) is 126 Å². The van der Waals surface area contributed by atoms with Gasteiger partial charge in [-0.1, -0.05) is 89.3 Å². The third-order valence-corrected chi connectivity index (χ3v) is 19.0. The van der Waals surface area contributed by atoms with E-state index in [2.05, 4.69) is 52.7 Å². The molecule has 0 aromatic heterocycles. The summed E-state index contributed by atoms with van der Waals surface area (Å²) < 4.78 is 191. The fraction of sp³-hybridized carbons (Fsp3) is 0.0513. The maximum Gasteiger partial charge on any atom is 1.00 e. The first-order valence-electron chi connectivity index (χ1n) is 19.5. The molecule has 6 rings (SSSR count). The van der Waals surface area contributed by atoms with E-state index in [1.54, 1.807) is 24.3 Å². The van der Waals surface area contributed by atoms with Gasteiger partial charge in [-0.25, -0.2) is 33.7 Å². The van der Waals surface area contributed by atoms with Crippen LogP contribution in [-0.4, -0.2) is 86.3 Å². The van der Waals surface area contributed by atoms with Crippen LogP contribution in [0.2, 0.25) is 30.1 Å². The van der Waals surface area contributed by atoms with E-state index in [4.69, 9.17) is 78.0 Å². The molecule has 20 nitrogen and oxygen atoms in total. The molecule has 45 heteroatoms. The van der Waals surface area contributed by atoms with Crippen molar-refractivity contribution in [2.45, 2.75) is 60.7 Å². The zero-order valence-electron chi connectivity index (χ0n) is 45.3. The number of thiol groups is 2. The van der Waals surface area contributed by atoms with Gasteiger partial charge in [-0.3, -0.25) is 9.59 Å². The predicted molar refractivity (Wildman–Crippen MR) is 312 cm³/mol. The molecular weight excluding hydrogens is 1570 g/mol. The van der Waals surface area contributed by atoms with Gasteiger partial charge >= 0.3 is 148 Å². The number of thiocarbonyl (C=S) groups is 1.